The summed E-state index contributed by atoms with van der Waals surface area (Å²) in [5.74, 6) is -0.953. The number of hydrogen-bond acceptors (Lipinski definition) is 4. The molecule has 4 nitrogen and oxygen atoms in total. The second kappa shape index (κ2) is 5.83. The lowest BCUT2D eigenvalue weighted by Gasteiger charge is -2.08. The Morgan fingerprint density at radius 2 is 1.76 bits per heavy atom. The summed E-state index contributed by atoms with van der Waals surface area (Å²) in [7, 11) is -4.11. The average Bonchev–Trinajstić information content (AvgIpc) is 2.42. The van der Waals surface area contributed by atoms with Gasteiger partial charge in [-0.1, -0.05) is 23.7 Å². The van der Waals surface area contributed by atoms with Gasteiger partial charge in [-0.2, -0.15) is 8.42 Å². The van der Waals surface area contributed by atoms with Crippen LogP contribution in [-0.2, 0) is 10.1 Å². The molecule has 0 radical (unpaired) electrons. The molecule has 0 unspecified atom stereocenters. The minimum atomic E-state index is -4.11. The Morgan fingerprint density at radius 3 is 2.29 bits per heavy atom. The van der Waals surface area contributed by atoms with E-state index < -0.39 is 15.9 Å². The Morgan fingerprint density at radius 1 is 1.14 bits per heavy atom. The lowest BCUT2D eigenvalue weighted by atomic mass is 10.2. The molecule has 0 atom stereocenters. The molecule has 0 fully saturated rings. The normalized spacial score (nSPS) is 11.2. The molecule has 2 aromatic rings. The summed E-state index contributed by atoms with van der Waals surface area (Å²) in [6.45, 7) is 1.37. The Kier molecular flexibility index (Phi) is 4.29. The molecule has 0 aliphatic rings. The number of hydrogen-bond donors (Lipinski definition) is 0. The molecule has 0 heterocycles. The van der Waals surface area contributed by atoms with Gasteiger partial charge in [0.2, 0.25) is 0 Å². The highest BCUT2D eigenvalue weighted by Crippen LogP contribution is 2.28. The van der Waals surface area contributed by atoms with Crippen LogP contribution in [0.25, 0.3) is 0 Å². The van der Waals surface area contributed by atoms with Crippen molar-refractivity contribution < 1.29 is 21.8 Å². The van der Waals surface area contributed by atoms with E-state index in [1.54, 1.807) is 0 Å². The fourth-order valence-corrected chi connectivity index (χ4v) is 2.76. The van der Waals surface area contributed by atoms with E-state index in [-0.39, 0.29) is 21.5 Å². The zero-order chi connectivity index (χ0) is 15.6. The van der Waals surface area contributed by atoms with Gasteiger partial charge in [-0.25, -0.2) is 4.39 Å². The summed E-state index contributed by atoms with van der Waals surface area (Å²) in [5.41, 5.74) is 0.383. The Bertz CT molecular complexity index is 785. The van der Waals surface area contributed by atoms with E-state index in [1.165, 1.54) is 31.2 Å². The van der Waals surface area contributed by atoms with E-state index in [1.807, 2.05) is 0 Å². The highest BCUT2D eigenvalue weighted by molar-refractivity contribution is 7.87. The van der Waals surface area contributed by atoms with E-state index in [0.29, 0.717) is 5.56 Å². The van der Waals surface area contributed by atoms with Crippen LogP contribution in [0.2, 0.25) is 5.02 Å². The summed E-state index contributed by atoms with van der Waals surface area (Å²) >= 11 is 5.72. The third kappa shape index (κ3) is 3.59. The number of carbonyl (C=O) groups is 1. The minimum absolute atomic E-state index is 0.132. The SMILES string of the molecule is CC(=O)c1ccc(S(=O)(=O)Oc2ccc(F)cc2Cl)cc1. The van der Waals surface area contributed by atoms with Crippen molar-refractivity contribution in [3.63, 3.8) is 0 Å². The largest absolute Gasteiger partial charge is 0.377 e. The van der Waals surface area contributed by atoms with Crippen molar-refractivity contribution in [2.24, 2.45) is 0 Å². The molecule has 0 saturated carbocycles. The number of rotatable bonds is 4. The smallest absolute Gasteiger partial charge is 0.339 e. The molecule has 110 valence electrons. The number of carbonyl (C=O) groups excluding carboxylic acids is 1. The molecule has 2 rings (SSSR count). The summed E-state index contributed by atoms with van der Waals surface area (Å²) < 4.78 is 41.9. The van der Waals surface area contributed by atoms with Crippen molar-refractivity contribution in [3.8, 4) is 5.75 Å². The lowest BCUT2D eigenvalue weighted by molar-refractivity contribution is 0.101. The van der Waals surface area contributed by atoms with Crippen LogP contribution in [0.4, 0.5) is 4.39 Å². The van der Waals surface area contributed by atoms with Crippen LogP contribution in [0.3, 0.4) is 0 Å². The third-order valence-electron chi connectivity index (χ3n) is 2.64. The van der Waals surface area contributed by atoms with Crippen LogP contribution >= 0.6 is 11.6 Å². The minimum Gasteiger partial charge on any atom is -0.377 e. The first kappa shape index (κ1) is 15.5. The van der Waals surface area contributed by atoms with Crippen LogP contribution in [0.5, 0.6) is 5.75 Å². The standard InChI is InChI=1S/C14H10ClFO4S/c1-9(17)10-2-5-12(6-3-10)21(18,19)20-14-7-4-11(16)8-13(14)15/h2-8H,1H3. The fourth-order valence-electron chi connectivity index (χ4n) is 1.57. The van der Waals surface area contributed by atoms with Crippen LogP contribution in [-0.4, -0.2) is 14.2 Å². The maximum Gasteiger partial charge on any atom is 0.339 e. The maximum absolute atomic E-state index is 12.9. The number of benzene rings is 2. The van der Waals surface area contributed by atoms with E-state index in [4.69, 9.17) is 15.8 Å². The van der Waals surface area contributed by atoms with Gasteiger partial charge >= 0.3 is 10.1 Å². The molecule has 0 aliphatic carbocycles. The molecule has 21 heavy (non-hydrogen) atoms. The molecule has 0 aliphatic heterocycles. The summed E-state index contributed by atoms with van der Waals surface area (Å²) in [6.07, 6.45) is 0. The van der Waals surface area contributed by atoms with E-state index >= 15 is 0 Å². The van der Waals surface area contributed by atoms with Crippen molar-refractivity contribution in [3.05, 3.63) is 58.9 Å². The predicted octanol–water partition coefficient (Wildman–Crippen LogP) is 3.45. The second-order valence-corrected chi connectivity index (χ2v) is 6.15. The number of halogens is 2. The van der Waals surface area contributed by atoms with E-state index in [2.05, 4.69) is 0 Å². The topological polar surface area (TPSA) is 60.4 Å². The Labute approximate surface area is 126 Å². The first-order valence-electron chi connectivity index (χ1n) is 5.80. The Hall–Kier alpha value is -1.92. The first-order chi connectivity index (χ1) is 9.79. The third-order valence-corrected chi connectivity index (χ3v) is 4.19. The predicted molar refractivity (Wildman–Crippen MR) is 75.7 cm³/mol. The van der Waals surface area contributed by atoms with Gasteiger partial charge < -0.3 is 4.18 Å². The van der Waals surface area contributed by atoms with Gasteiger partial charge in [-0.3, -0.25) is 4.79 Å². The van der Waals surface area contributed by atoms with E-state index in [0.717, 1.165) is 18.2 Å². The molecule has 0 N–H and O–H groups in total. The van der Waals surface area contributed by atoms with E-state index in [9.17, 15) is 17.6 Å². The van der Waals surface area contributed by atoms with Crippen LogP contribution in [0.15, 0.2) is 47.4 Å². The van der Waals surface area contributed by atoms with Crippen LogP contribution in [0.1, 0.15) is 17.3 Å². The molecular weight excluding hydrogens is 319 g/mol. The molecule has 0 spiro atoms. The van der Waals surface area contributed by atoms with Crippen LogP contribution < -0.4 is 4.18 Å². The zero-order valence-electron chi connectivity index (χ0n) is 10.8. The zero-order valence-corrected chi connectivity index (χ0v) is 12.4. The highest BCUT2D eigenvalue weighted by Gasteiger charge is 2.18. The van der Waals surface area contributed by atoms with Crippen molar-refractivity contribution in [2.75, 3.05) is 0 Å². The summed E-state index contributed by atoms with van der Waals surface area (Å²) in [5, 5.41) is -0.154. The van der Waals surface area contributed by atoms with Crippen LogP contribution in [0, 0.1) is 5.82 Å². The quantitative estimate of drug-likeness (QED) is 0.637. The maximum atomic E-state index is 12.9. The monoisotopic (exact) mass is 328 g/mol. The van der Waals surface area contributed by atoms with Gasteiger partial charge in [0, 0.05) is 5.56 Å². The molecular formula is C14H10ClFO4S. The van der Waals surface area contributed by atoms with Gasteiger partial charge in [0.15, 0.2) is 11.5 Å². The highest BCUT2D eigenvalue weighted by atomic mass is 35.5. The summed E-state index contributed by atoms with van der Waals surface area (Å²) in [4.78, 5) is 11.0. The van der Waals surface area contributed by atoms with Crippen molar-refractivity contribution >= 4 is 27.5 Å². The molecule has 0 saturated heterocycles. The van der Waals surface area contributed by atoms with Gasteiger partial charge in [0.1, 0.15) is 10.7 Å². The Balaban J connectivity index is 2.31. The number of ketones is 1. The first-order valence-corrected chi connectivity index (χ1v) is 7.59. The summed E-state index contributed by atoms with van der Waals surface area (Å²) in [6, 6.07) is 8.38. The fraction of sp³-hybridized carbons (Fsp3) is 0.0714. The molecule has 0 aromatic heterocycles. The molecule has 2 aromatic carbocycles. The lowest BCUT2D eigenvalue weighted by Crippen LogP contribution is -2.10. The van der Waals surface area contributed by atoms with Gasteiger partial charge in [0.25, 0.3) is 0 Å². The van der Waals surface area contributed by atoms with Crippen molar-refractivity contribution in [1.29, 1.82) is 0 Å². The number of Topliss-reactive ketones (excluding diaryl/α,β-unsaturated/α-hetero) is 1. The molecule has 7 heteroatoms. The van der Waals surface area contributed by atoms with Crippen molar-refractivity contribution in [2.45, 2.75) is 11.8 Å². The van der Waals surface area contributed by atoms with Gasteiger partial charge in [-0.05, 0) is 37.3 Å². The average molecular weight is 329 g/mol. The second-order valence-electron chi connectivity index (χ2n) is 4.19. The molecule has 0 bridgehead atoms. The van der Waals surface area contributed by atoms with Gasteiger partial charge in [0.05, 0.1) is 5.02 Å². The van der Waals surface area contributed by atoms with Gasteiger partial charge in [-0.15, -0.1) is 0 Å². The van der Waals surface area contributed by atoms with Crippen molar-refractivity contribution in [1.82, 2.24) is 0 Å². The molecule has 0 amide bonds.